The first-order valence-corrected chi connectivity index (χ1v) is 5.38. The minimum Gasteiger partial charge on any atom is -0.383 e. The van der Waals surface area contributed by atoms with E-state index in [9.17, 15) is 8.78 Å². The van der Waals surface area contributed by atoms with Crippen molar-refractivity contribution in [2.75, 3.05) is 26.8 Å². The number of methoxy groups -OCH3 is 1. The molecule has 2 rings (SSSR count). The average Bonchev–Trinajstić information content (AvgIpc) is 2.59. The molecule has 0 aromatic heterocycles. The van der Waals surface area contributed by atoms with E-state index < -0.39 is 6.43 Å². The summed E-state index contributed by atoms with van der Waals surface area (Å²) in [5.74, 6) is 0. The van der Waals surface area contributed by atoms with Gasteiger partial charge in [0.1, 0.15) is 0 Å². The van der Waals surface area contributed by atoms with Crippen LogP contribution in [-0.4, -0.2) is 43.7 Å². The Morgan fingerprint density at radius 2 is 2.40 bits per heavy atom. The molecule has 0 radical (unpaired) electrons. The van der Waals surface area contributed by atoms with Gasteiger partial charge in [-0.1, -0.05) is 5.57 Å². The van der Waals surface area contributed by atoms with Gasteiger partial charge in [-0.3, -0.25) is 4.90 Å². The minimum atomic E-state index is -2.32. The van der Waals surface area contributed by atoms with Crippen LogP contribution in [0.5, 0.6) is 0 Å². The Balaban J connectivity index is 2.10. The van der Waals surface area contributed by atoms with E-state index >= 15 is 0 Å². The molecule has 0 bridgehead atoms. The van der Waals surface area contributed by atoms with Crippen molar-refractivity contribution >= 4 is 0 Å². The molecule has 2 aliphatic rings. The summed E-state index contributed by atoms with van der Waals surface area (Å²) in [6.07, 6.45) is 1.77. The summed E-state index contributed by atoms with van der Waals surface area (Å²) in [7, 11) is 1.68. The third-order valence-electron chi connectivity index (χ3n) is 3.47. The Bertz CT molecular complexity index is 267. The summed E-state index contributed by atoms with van der Waals surface area (Å²) in [6.45, 7) is 2.38. The van der Waals surface area contributed by atoms with Crippen molar-refractivity contribution in [2.24, 2.45) is 0 Å². The number of fused-ring (bicyclic) bond motifs is 1. The van der Waals surface area contributed by atoms with Gasteiger partial charge in [0.2, 0.25) is 0 Å². The molecule has 0 spiro atoms. The Morgan fingerprint density at radius 1 is 1.60 bits per heavy atom. The molecule has 0 amide bonds. The van der Waals surface area contributed by atoms with Gasteiger partial charge in [0, 0.05) is 19.2 Å². The predicted octanol–water partition coefficient (Wildman–Crippen LogP) is 2.06. The highest BCUT2D eigenvalue weighted by molar-refractivity contribution is 5.21. The number of nitrogens with zero attached hydrogens (tertiary/aromatic N) is 1. The van der Waals surface area contributed by atoms with Gasteiger partial charge < -0.3 is 4.74 Å². The summed E-state index contributed by atoms with van der Waals surface area (Å²) < 4.78 is 29.7. The lowest BCUT2D eigenvalue weighted by molar-refractivity contribution is 0.0656. The van der Waals surface area contributed by atoms with Crippen LogP contribution in [0.2, 0.25) is 0 Å². The maximum atomic E-state index is 12.2. The van der Waals surface area contributed by atoms with Crippen molar-refractivity contribution in [1.82, 2.24) is 4.90 Å². The summed E-state index contributed by atoms with van der Waals surface area (Å²) in [6, 6.07) is 0. The zero-order valence-corrected chi connectivity index (χ0v) is 9.01. The lowest BCUT2D eigenvalue weighted by Gasteiger charge is -2.30. The van der Waals surface area contributed by atoms with Crippen molar-refractivity contribution in [3.8, 4) is 0 Å². The van der Waals surface area contributed by atoms with Crippen LogP contribution in [0.25, 0.3) is 0 Å². The lowest BCUT2D eigenvalue weighted by atomic mass is 9.93. The molecule has 2 heterocycles. The first-order valence-electron chi connectivity index (χ1n) is 5.38. The molecule has 0 aromatic rings. The van der Waals surface area contributed by atoms with Crippen LogP contribution in [0.4, 0.5) is 8.78 Å². The van der Waals surface area contributed by atoms with Gasteiger partial charge in [0.05, 0.1) is 6.61 Å². The fourth-order valence-electron chi connectivity index (χ4n) is 2.94. The molecule has 15 heavy (non-hydrogen) atoms. The van der Waals surface area contributed by atoms with Crippen LogP contribution in [0.1, 0.15) is 19.3 Å². The van der Waals surface area contributed by atoms with E-state index in [1.807, 2.05) is 0 Å². The quantitative estimate of drug-likeness (QED) is 0.671. The second kappa shape index (κ2) is 4.18. The van der Waals surface area contributed by atoms with E-state index in [0.717, 1.165) is 37.5 Å². The Labute approximate surface area is 88.9 Å². The van der Waals surface area contributed by atoms with Crippen LogP contribution < -0.4 is 0 Å². The highest BCUT2D eigenvalue weighted by Crippen LogP contribution is 2.41. The minimum absolute atomic E-state index is 0.0233. The Morgan fingerprint density at radius 3 is 3.07 bits per heavy atom. The number of hydrogen-bond donors (Lipinski definition) is 0. The van der Waals surface area contributed by atoms with Crippen LogP contribution >= 0.6 is 0 Å². The lowest BCUT2D eigenvalue weighted by Crippen LogP contribution is -2.42. The first-order chi connectivity index (χ1) is 7.16. The zero-order chi connectivity index (χ0) is 10.9. The van der Waals surface area contributed by atoms with Gasteiger partial charge in [-0.2, -0.15) is 0 Å². The Hall–Kier alpha value is -0.480. The zero-order valence-electron chi connectivity index (χ0n) is 9.01. The van der Waals surface area contributed by atoms with Crippen molar-refractivity contribution in [2.45, 2.75) is 31.2 Å². The SMILES string of the molecule is COCC12CCCN1C/C(=C\C(F)F)C2. The van der Waals surface area contributed by atoms with E-state index in [0.29, 0.717) is 13.2 Å². The number of alkyl halides is 2. The maximum Gasteiger partial charge on any atom is 0.257 e. The number of rotatable bonds is 3. The monoisotopic (exact) mass is 217 g/mol. The standard InChI is InChI=1S/C11H17F2NO/c1-15-8-11-3-2-4-14(11)7-9(6-11)5-10(12)13/h5,10H,2-4,6-8H2,1H3/b9-5-. The third-order valence-corrected chi connectivity index (χ3v) is 3.47. The van der Waals surface area contributed by atoms with Crippen molar-refractivity contribution in [1.29, 1.82) is 0 Å². The number of allylic oxidation sites excluding steroid dienone is 1. The molecule has 0 saturated carbocycles. The van der Waals surface area contributed by atoms with Gasteiger partial charge in [-0.15, -0.1) is 0 Å². The highest BCUT2D eigenvalue weighted by Gasteiger charge is 2.46. The predicted molar refractivity (Wildman–Crippen MR) is 54.1 cm³/mol. The molecule has 0 aromatic carbocycles. The maximum absolute atomic E-state index is 12.2. The number of hydrogen-bond acceptors (Lipinski definition) is 2. The van der Waals surface area contributed by atoms with Gasteiger partial charge >= 0.3 is 0 Å². The van der Waals surface area contributed by atoms with Crippen molar-refractivity contribution in [3.05, 3.63) is 11.6 Å². The van der Waals surface area contributed by atoms with Crippen LogP contribution in [0.3, 0.4) is 0 Å². The molecule has 0 N–H and O–H groups in total. The molecule has 2 aliphatic heterocycles. The summed E-state index contributed by atoms with van der Waals surface area (Å²) in [4.78, 5) is 2.30. The van der Waals surface area contributed by atoms with Gasteiger partial charge in [0.25, 0.3) is 6.43 Å². The summed E-state index contributed by atoms with van der Waals surface area (Å²) in [5.41, 5.74) is 0.900. The normalized spacial score (nSPS) is 34.3. The number of ether oxygens (including phenoxy) is 1. The summed E-state index contributed by atoms with van der Waals surface area (Å²) >= 11 is 0. The molecular formula is C11H17F2NO. The molecule has 2 fully saturated rings. The van der Waals surface area contributed by atoms with E-state index in [-0.39, 0.29) is 5.54 Å². The molecule has 1 atom stereocenters. The molecule has 2 saturated heterocycles. The smallest absolute Gasteiger partial charge is 0.257 e. The van der Waals surface area contributed by atoms with E-state index in [1.54, 1.807) is 7.11 Å². The van der Waals surface area contributed by atoms with E-state index in [4.69, 9.17) is 4.74 Å². The largest absolute Gasteiger partial charge is 0.383 e. The van der Waals surface area contributed by atoms with E-state index in [2.05, 4.69) is 4.90 Å². The van der Waals surface area contributed by atoms with Crippen LogP contribution in [-0.2, 0) is 4.74 Å². The second-order valence-corrected chi connectivity index (χ2v) is 4.52. The third kappa shape index (κ3) is 2.06. The molecule has 4 heteroatoms. The number of halogens is 2. The second-order valence-electron chi connectivity index (χ2n) is 4.52. The van der Waals surface area contributed by atoms with Crippen LogP contribution in [0, 0.1) is 0 Å². The molecule has 0 aliphatic carbocycles. The molecule has 1 unspecified atom stereocenters. The van der Waals surface area contributed by atoms with Gasteiger partial charge in [0.15, 0.2) is 0 Å². The molecule has 86 valence electrons. The fraction of sp³-hybridized carbons (Fsp3) is 0.818. The first kappa shape index (κ1) is 11.0. The Kier molecular flexibility index (Phi) is 3.07. The highest BCUT2D eigenvalue weighted by atomic mass is 19.3. The van der Waals surface area contributed by atoms with Crippen LogP contribution in [0.15, 0.2) is 11.6 Å². The fourth-order valence-corrected chi connectivity index (χ4v) is 2.94. The van der Waals surface area contributed by atoms with Crippen molar-refractivity contribution < 1.29 is 13.5 Å². The van der Waals surface area contributed by atoms with Crippen molar-refractivity contribution in [3.63, 3.8) is 0 Å². The van der Waals surface area contributed by atoms with E-state index in [1.165, 1.54) is 0 Å². The van der Waals surface area contributed by atoms with Gasteiger partial charge in [-0.25, -0.2) is 8.78 Å². The average molecular weight is 217 g/mol. The molecule has 2 nitrogen and oxygen atoms in total. The van der Waals surface area contributed by atoms with Gasteiger partial charge in [-0.05, 0) is 31.9 Å². The topological polar surface area (TPSA) is 12.5 Å². The summed E-state index contributed by atoms with van der Waals surface area (Å²) in [5, 5.41) is 0. The molecular weight excluding hydrogens is 200 g/mol.